The molecule has 1 aromatic carbocycles. The number of carbonyl (C=O) groups excluding carboxylic acids is 1. The Morgan fingerprint density at radius 2 is 1.95 bits per heavy atom. The molecule has 40 heavy (non-hydrogen) atoms. The molecule has 0 spiro atoms. The van der Waals surface area contributed by atoms with E-state index < -0.39 is 0 Å². The first-order valence-electron chi connectivity index (χ1n) is 14.6. The fourth-order valence-electron chi connectivity index (χ4n) is 6.35. The number of fused-ring (bicyclic) bond motifs is 3. The van der Waals surface area contributed by atoms with Crippen molar-refractivity contribution in [3.8, 4) is 0 Å². The molecular formula is C31H36ClN5O3. The van der Waals surface area contributed by atoms with Crippen LogP contribution in [0, 0.1) is 5.92 Å². The van der Waals surface area contributed by atoms with Gasteiger partial charge < -0.3 is 19.2 Å². The number of halogens is 1. The van der Waals surface area contributed by atoms with Crippen LogP contribution >= 0.6 is 11.6 Å². The molecule has 2 unspecified atom stereocenters. The molecule has 1 N–H and O–H groups in total. The van der Waals surface area contributed by atoms with Crippen molar-refractivity contribution in [1.29, 1.82) is 0 Å². The number of H-pyrrole nitrogens is 1. The number of aromatic nitrogens is 3. The Labute approximate surface area is 238 Å². The molecule has 210 valence electrons. The van der Waals surface area contributed by atoms with Crippen LogP contribution in [0.25, 0.3) is 22.1 Å². The normalized spacial score (nSPS) is 19.6. The van der Waals surface area contributed by atoms with Gasteiger partial charge in [-0.05, 0) is 62.1 Å². The van der Waals surface area contributed by atoms with Gasteiger partial charge in [0.25, 0.3) is 5.56 Å². The van der Waals surface area contributed by atoms with Crippen LogP contribution in [0.1, 0.15) is 69.2 Å². The standard InChI is InChI=1S/C31H36ClN5O3/c1-20-19-37(16-13-22(20)24-17-21(32)18-33-31(24)39)27(38)12-4-2-3-11-26-34-28-23-9-5-6-10-25(23)40-29(28)30(35-26)36-14-7-8-15-36/h5-6,9-10,17-18,20,22H,2-4,7-8,11-16,19H2,1H3,(H,33,39). The van der Waals surface area contributed by atoms with Crippen LogP contribution < -0.4 is 10.5 Å². The predicted octanol–water partition coefficient (Wildman–Crippen LogP) is 6.07. The molecule has 2 aliphatic rings. The highest BCUT2D eigenvalue weighted by Crippen LogP contribution is 2.35. The third-order valence-corrected chi connectivity index (χ3v) is 8.72. The highest BCUT2D eigenvalue weighted by Gasteiger charge is 2.31. The molecule has 0 saturated carbocycles. The quantitative estimate of drug-likeness (QED) is 0.262. The molecule has 3 aromatic heterocycles. The van der Waals surface area contributed by atoms with Crippen molar-refractivity contribution in [1.82, 2.24) is 19.9 Å². The molecule has 2 atom stereocenters. The minimum atomic E-state index is -0.0855. The molecule has 2 aliphatic heterocycles. The average molecular weight is 562 g/mol. The molecule has 5 heterocycles. The first kappa shape index (κ1) is 26.8. The molecule has 4 aromatic rings. The van der Waals surface area contributed by atoms with Crippen molar-refractivity contribution < 1.29 is 9.21 Å². The Morgan fingerprint density at radius 1 is 1.12 bits per heavy atom. The van der Waals surface area contributed by atoms with Crippen LogP contribution in [0.3, 0.4) is 0 Å². The van der Waals surface area contributed by atoms with Gasteiger partial charge in [0.15, 0.2) is 11.4 Å². The number of aryl methyl sites for hydroxylation is 1. The van der Waals surface area contributed by atoms with Gasteiger partial charge in [-0.15, -0.1) is 0 Å². The lowest BCUT2D eigenvalue weighted by Crippen LogP contribution is -2.43. The molecular weight excluding hydrogens is 526 g/mol. The Bertz CT molecular complexity index is 1570. The molecule has 0 aliphatic carbocycles. The number of hydrogen-bond acceptors (Lipinski definition) is 6. The Hall–Kier alpha value is -3.39. The number of unbranched alkanes of at least 4 members (excludes halogenated alkanes) is 2. The van der Waals surface area contributed by atoms with Crippen molar-refractivity contribution >= 4 is 45.4 Å². The van der Waals surface area contributed by atoms with Gasteiger partial charge in [0.05, 0.1) is 5.02 Å². The minimum Gasteiger partial charge on any atom is -0.450 e. The topological polar surface area (TPSA) is 95.3 Å². The lowest BCUT2D eigenvalue weighted by molar-refractivity contribution is -0.133. The number of anilines is 1. The first-order chi connectivity index (χ1) is 19.5. The largest absolute Gasteiger partial charge is 0.450 e. The third kappa shape index (κ3) is 5.46. The van der Waals surface area contributed by atoms with Crippen LogP contribution in [0.4, 0.5) is 5.82 Å². The van der Waals surface area contributed by atoms with Gasteiger partial charge in [0, 0.05) is 56.2 Å². The van der Waals surface area contributed by atoms with Gasteiger partial charge in [0.1, 0.15) is 16.9 Å². The predicted molar refractivity (Wildman–Crippen MR) is 158 cm³/mol. The number of amides is 1. The average Bonchev–Trinajstić information content (AvgIpc) is 3.62. The monoisotopic (exact) mass is 561 g/mol. The van der Waals surface area contributed by atoms with E-state index >= 15 is 0 Å². The van der Waals surface area contributed by atoms with E-state index in [9.17, 15) is 9.59 Å². The second kappa shape index (κ2) is 11.6. The number of pyridine rings is 1. The smallest absolute Gasteiger partial charge is 0.251 e. The number of piperidine rings is 1. The van der Waals surface area contributed by atoms with E-state index in [1.165, 1.54) is 19.0 Å². The summed E-state index contributed by atoms with van der Waals surface area (Å²) in [6.07, 6.45) is 8.69. The van der Waals surface area contributed by atoms with E-state index in [0.717, 1.165) is 84.5 Å². The van der Waals surface area contributed by atoms with Crippen molar-refractivity contribution in [3.63, 3.8) is 0 Å². The summed E-state index contributed by atoms with van der Waals surface area (Å²) in [4.78, 5) is 42.2. The molecule has 1 amide bonds. The van der Waals surface area contributed by atoms with Crippen molar-refractivity contribution in [2.45, 2.75) is 64.2 Å². The number of hydrogen-bond donors (Lipinski definition) is 1. The molecule has 0 radical (unpaired) electrons. The van der Waals surface area contributed by atoms with E-state index in [2.05, 4.69) is 22.9 Å². The van der Waals surface area contributed by atoms with Gasteiger partial charge in [-0.25, -0.2) is 9.97 Å². The van der Waals surface area contributed by atoms with Gasteiger partial charge in [-0.3, -0.25) is 9.59 Å². The summed E-state index contributed by atoms with van der Waals surface area (Å²) in [6, 6.07) is 9.82. The fourth-order valence-corrected chi connectivity index (χ4v) is 6.53. The maximum absolute atomic E-state index is 13.0. The fraction of sp³-hybridized carbons (Fsp3) is 0.484. The van der Waals surface area contributed by atoms with E-state index in [1.807, 2.05) is 23.1 Å². The number of furan rings is 1. The van der Waals surface area contributed by atoms with E-state index in [-0.39, 0.29) is 23.3 Å². The molecule has 0 bridgehead atoms. The summed E-state index contributed by atoms with van der Waals surface area (Å²) in [5.41, 5.74) is 3.17. The van der Waals surface area contributed by atoms with E-state index in [4.69, 9.17) is 26.0 Å². The first-order valence-corrected chi connectivity index (χ1v) is 14.9. The highest BCUT2D eigenvalue weighted by atomic mass is 35.5. The summed E-state index contributed by atoms with van der Waals surface area (Å²) < 4.78 is 6.20. The summed E-state index contributed by atoms with van der Waals surface area (Å²) in [6.45, 7) is 5.44. The summed E-state index contributed by atoms with van der Waals surface area (Å²) in [5.74, 6) is 2.28. The zero-order chi connectivity index (χ0) is 27.6. The summed E-state index contributed by atoms with van der Waals surface area (Å²) in [7, 11) is 0. The van der Waals surface area contributed by atoms with E-state index in [1.54, 1.807) is 6.07 Å². The zero-order valence-corrected chi connectivity index (χ0v) is 23.8. The van der Waals surface area contributed by atoms with Gasteiger partial charge in [0.2, 0.25) is 5.91 Å². The number of nitrogens with zero attached hydrogens (tertiary/aromatic N) is 4. The Kier molecular flexibility index (Phi) is 7.78. The highest BCUT2D eigenvalue weighted by molar-refractivity contribution is 6.30. The number of likely N-dealkylation sites (tertiary alicyclic amines) is 1. The SMILES string of the molecule is CC1CN(C(=O)CCCCCc2nc(N3CCCC3)c3oc4ccccc4c3n2)CCC1c1cc(Cl)c[nH]c1=O. The maximum atomic E-state index is 13.0. The van der Waals surface area contributed by atoms with Crippen molar-refractivity contribution in [2.75, 3.05) is 31.1 Å². The van der Waals surface area contributed by atoms with Crippen LogP contribution in [-0.4, -0.2) is 51.9 Å². The maximum Gasteiger partial charge on any atom is 0.251 e. The lowest BCUT2D eigenvalue weighted by atomic mass is 9.82. The third-order valence-electron chi connectivity index (χ3n) is 8.50. The molecule has 8 nitrogen and oxygen atoms in total. The molecule has 9 heteroatoms. The number of benzene rings is 1. The molecule has 2 fully saturated rings. The Balaban J connectivity index is 1.03. The Morgan fingerprint density at radius 3 is 2.77 bits per heavy atom. The summed E-state index contributed by atoms with van der Waals surface area (Å²) in [5, 5.41) is 1.57. The van der Waals surface area contributed by atoms with Gasteiger partial charge in [-0.2, -0.15) is 0 Å². The molecule has 6 rings (SSSR count). The molecule has 2 saturated heterocycles. The van der Waals surface area contributed by atoms with Crippen LogP contribution in [0.2, 0.25) is 5.02 Å². The van der Waals surface area contributed by atoms with Crippen molar-refractivity contribution in [2.24, 2.45) is 5.92 Å². The van der Waals surface area contributed by atoms with Crippen LogP contribution in [0.15, 0.2) is 45.7 Å². The number of rotatable bonds is 8. The van der Waals surface area contributed by atoms with E-state index in [0.29, 0.717) is 24.5 Å². The van der Waals surface area contributed by atoms with Crippen LogP contribution in [-0.2, 0) is 11.2 Å². The van der Waals surface area contributed by atoms with Crippen LogP contribution in [0.5, 0.6) is 0 Å². The number of carbonyl (C=O) groups is 1. The second-order valence-corrected chi connectivity index (χ2v) is 11.7. The van der Waals surface area contributed by atoms with Gasteiger partial charge in [-0.1, -0.05) is 37.1 Å². The number of nitrogens with one attached hydrogen (secondary N) is 1. The number of aromatic amines is 1. The van der Waals surface area contributed by atoms with Crippen molar-refractivity contribution in [3.05, 3.63) is 63.3 Å². The second-order valence-electron chi connectivity index (χ2n) is 11.3. The van der Waals surface area contributed by atoms with Gasteiger partial charge >= 0.3 is 0 Å². The lowest BCUT2D eigenvalue weighted by Gasteiger charge is -2.37. The zero-order valence-electron chi connectivity index (χ0n) is 23.0. The summed E-state index contributed by atoms with van der Waals surface area (Å²) >= 11 is 6.12. The number of para-hydroxylation sites is 1. The minimum absolute atomic E-state index is 0.0855.